The number of unbranched alkanes of at least 4 members (excludes halogenated alkanes) is 14. The Labute approximate surface area is 626 Å². The Hall–Kier alpha value is -7.33. The second kappa shape index (κ2) is 56.9. The number of aliphatic carboxylic acids is 4. The van der Waals surface area contributed by atoms with Gasteiger partial charge in [0.1, 0.15) is 0 Å². The Morgan fingerprint density at radius 3 is 1.19 bits per heavy atom. The number of hydrogen-bond donors (Lipinski definition) is 7. The molecule has 6 rings (SSSR count). The number of ether oxygens (including phenoxy) is 1. The third-order valence-electron chi connectivity index (χ3n) is 19.3. The zero-order valence-electron chi connectivity index (χ0n) is 63.7. The molecule has 21 nitrogen and oxygen atoms in total. The van der Waals surface area contributed by atoms with Crippen molar-refractivity contribution in [3.8, 4) is 0 Å². The van der Waals surface area contributed by atoms with Gasteiger partial charge in [0.25, 0.3) is 0 Å². The number of ketones is 1. The van der Waals surface area contributed by atoms with Crippen molar-refractivity contribution in [2.45, 2.75) is 314 Å². The topological polar surface area (TPSA) is 317 Å². The molecule has 7 atom stereocenters. The van der Waals surface area contributed by atoms with Crippen LogP contribution in [0.5, 0.6) is 0 Å². The van der Waals surface area contributed by atoms with Crippen molar-refractivity contribution in [3.05, 3.63) is 120 Å². The summed E-state index contributed by atoms with van der Waals surface area (Å²) in [6.07, 6.45) is 43.3. The molecule has 0 radical (unpaired) electrons. The first kappa shape index (κ1) is 91.9. The van der Waals surface area contributed by atoms with Crippen LogP contribution in [0, 0.1) is 6.92 Å². The van der Waals surface area contributed by atoms with E-state index in [1.54, 1.807) is 12.2 Å². The zero-order chi connectivity index (χ0) is 76.8. The number of rotatable bonds is 48. The quantitative estimate of drug-likeness (QED) is 0.0184. The van der Waals surface area contributed by atoms with Crippen LogP contribution in [0.1, 0.15) is 268 Å². The number of piperidine rings is 4. The Morgan fingerprint density at radius 2 is 0.810 bits per heavy atom. The van der Waals surface area contributed by atoms with Gasteiger partial charge in [-0.2, -0.15) is 0 Å². The Bertz CT molecular complexity index is 2860. The van der Waals surface area contributed by atoms with E-state index < -0.39 is 42.2 Å². The zero-order valence-corrected chi connectivity index (χ0v) is 63.7. The SMILES string of the molecule is CCCCCC(O)C=C[C@H]1CCCC(=O)N1CCCCCCC(=O)O.CCCOCC(O)C=C[C@H]1CCCC(=O)N1CCCCCCC(=O)O.Cc1cccc(CC(O)C=C[C@H]2CCCC(=O)N2CCCCCCC(=O)O)c1.O=C(O)CCCCCCN1C(=O)CCC[C@@H]1C=CC(=O)Cc1ccccc1. The first-order chi connectivity index (χ1) is 50.6. The summed E-state index contributed by atoms with van der Waals surface area (Å²) in [6, 6.07) is 18.0. The van der Waals surface area contributed by atoms with Gasteiger partial charge >= 0.3 is 23.9 Å². The third kappa shape index (κ3) is 43.8. The molecule has 4 saturated heterocycles. The van der Waals surface area contributed by atoms with Crippen LogP contribution in [0.15, 0.2) is 103 Å². The summed E-state index contributed by atoms with van der Waals surface area (Å²) in [5, 5.41) is 64.9. The summed E-state index contributed by atoms with van der Waals surface area (Å²) < 4.78 is 5.33. The molecule has 3 unspecified atom stereocenters. The van der Waals surface area contributed by atoms with Gasteiger partial charge < -0.3 is 60.1 Å². The number of carboxylic acid groups (broad SMARTS) is 4. The van der Waals surface area contributed by atoms with Crippen LogP contribution in [0.3, 0.4) is 0 Å². The van der Waals surface area contributed by atoms with Crippen LogP contribution in [0.4, 0.5) is 0 Å². The van der Waals surface area contributed by atoms with E-state index in [2.05, 4.69) is 13.0 Å². The number of benzene rings is 2. The van der Waals surface area contributed by atoms with Gasteiger partial charge in [0, 0.05) is 97.0 Å². The normalized spacial score (nSPS) is 18.7. The predicted octanol–water partition coefficient (Wildman–Crippen LogP) is 14.3. The van der Waals surface area contributed by atoms with E-state index in [1.165, 1.54) is 5.56 Å². The van der Waals surface area contributed by atoms with Crippen molar-refractivity contribution in [2.75, 3.05) is 39.4 Å². The number of allylic oxidation sites excluding steroid dienone is 1. The van der Waals surface area contributed by atoms with E-state index in [9.17, 15) is 58.5 Å². The van der Waals surface area contributed by atoms with E-state index >= 15 is 0 Å². The lowest BCUT2D eigenvalue weighted by atomic mass is 9.98. The standard InChI is InChI=1S/C23H33NO4.C22H29NO4.C20H35NO4.C19H33NO5/c1-18-8-6-9-19(16-18)17-21(25)14-13-20-10-7-11-22(26)24(20)15-5-3-2-4-12-23(27)28;24-20(17-18-9-4-3-5-10-18)15-14-19-11-8-12-21(25)23(19)16-7-2-1-6-13-22(26)27;1-2-3-6-11-18(22)15-14-17-10-9-12-19(23)21(17)16-8-5-4-7-13-20(24)25;1-2-14-25-15-17(21)12-11-16-8-7-9-18(22)20(16)13-6-4-3-5-10-19(23)24/h6,8-9,13-14,16,20-21,25H,2-5,7,10-12,15,17H2,1H3,(H,27,28);3-5,9-10,14-15,19H,1-2,6-8,11-13,16-17H2,(H,26,27);14-15,17-18,22H,2-13,16H2,1H3,(H,24,25);11-12,16-17,21H,2-10,13-15H2,1H3,(H,23,24)/t20-,21?;19-;17-,18?;16-,17?/m1111/s1. The van der Waals surface area contributed by atoms with Crippen molar-refractivity contribution in [3.63, 3.8) is 0 Å². The fraction of sp³-hybridized carbons (Fsp3) is 0.655. The molecule has 21 heteroatoms. The van der Waals surface area contributed by atoms with Gasteiger partial charge in [0.05, 0.1) is 49.1 Å². The first-order valence-corrected chi connectivity index (χ1v) is 39.6. The average molecular weight is 1470 g/mol. The molecule has 2 aromatic rings. The van der Waals surface area contributed by atoms with Crippen LogP contribution in [-0.4, -0.2) is 191 Å². The fourth-order valence-electron chi connectivity index (χ4n) is 13.5. The van der Waals surface area contributed by atoms with Gasteiger partial charge in [0.15, 0.2) is 5.78 Å². The number of hydrogen-bond acceptors (Lipinski definition) is 13. The van der Waals surface area contributed by atoms with Crippen LogP contribution in [-0.2, 0) is 60.7 Å². The summed E-state index contributed by atoms with van der Waals surface area (Å²) in [5.74, 6) is -2.25. The second-order valence-electron chi connectivity index (χ2n) is 28.5. The van der Waals surface area contributed by atoms with Gasteiger partial charge in [-0.25, -0.2) is 0 Å². The van der Waals surface area contributed by atoms with Crippen molar-refractivity contribution in [1.29, 1.82) is 0 Å². The number of aliphatic hydroxyl groups excluding tert-OH is 3. The highest BCUT2D eigenvalue weighted by Crippen LogP contribution is 2.26. The van der Waals surface area contributed by atoms with Gasteiger partial charge in [-0.05, 0) is 140 Å². The highest BCUT2D eigenvalue weighted by Gasteiger charge is 2.30. The van der Waals surface area contributed by atoms with Crippen molar-refractivity contribution < 1.29 is 83.6 Å². The highest BCUT2D eigenvalue weighted by atomic mass is 16.5. The number of carbonyl (C=O) groups is 9. The molecule has 4 heterocycles. The maximum absolute atomic E-state index is 12.3. The summed E-state index contributed by atoms with van der Waals surface area (Å²) in [7, 11) is 0. The molecule has 0 aromatic heterocycles. The largest absolute Gasteiger partial charge is 0.481 e. The van der Waals surface area contributed by atoms with E-state index in [-0.39, 0.29) is 85.9 Å². The number of nitrogens with zero attached hydrogens (tertiary/aromatic N) is 4. The number of carboxylic acids is 4. The molecular formula is C84H130N4O17. The lowest BCUT2D eigenvalue weighted by Crippen LogP contribution is -2.43. The van der Waals surface area contributed by atoms with Gasteiger partial charge in [-0.15, -0.1) is 0 Å². The molecule has 4 amide bonds. The summed E-state index contributed by atoms with van der Waals surface area (Å²) in [6.45, 7) is 9.94. The van der Waals surface area contributed by atoms with Crippen LogP contribution in [0.2, 0.25) is 0 Å². The number of aryl methyl sites for hydroxylation is 1. The second-order valence-corrected chi connectivity index (χ2v) is 28.5. The number of amides is 4. The maximum Gasteiger partial charge on any atom is 0.303 e. The van der Waals surface area contributed by atoms with Gasteiger partial charge in [0.2, 0.25) is 23.6 Å². The van der Waals surface area contributed by atoms with Crippen molar-refractivity contribution >= 4 is 53.3 Å². The summed E-state index contributed by atoms with van der Waals surface area (Å²) in [5.41, 5.74) is 3.28. The highest BCUT2D eigenvalue weighted by molar-refractivity contribution is 5.91. The lowest BCUT2D eigenvalue weighted by Gasteiger charge is -2.34. The third-order valence-corrected chi connectivity index (χ3v) is 19.3. The minimum atomic E-state index is -0.758. The summed E-state index contributed by atoms with van der Waals surface area (Å²) >= 11 is 0. The van der Waals surface area contributed by atoms with E-state index in [4.69, 9.17) is 25.2 Å². The molecule has 0 saturated carbocycles. The molecular weight excluding hydrogens is 1340 g/mol. The number of aliphatic hydroxyl groups is 3. The Balaban J connectivity index is 0.000000364. The molecule has 2 aromatic carbocycles. The average Bonchev–Trinajstić information content (AvgIpc) is 0.875. The van der Waals surface area contributed by atoms with E-state index in [0.717, 1.165) is 178 Å². The minimum Gasteiger partial charge on any atom is -0.481 e. The first-order valence-electron chi connectivity index (χ1n) is 39.6. The Morgan fingerprint density at radius 1 is 0.438 bits per heavy atom. The number of carbonyl (C=O) groups excluding carboxylic acids is 5. The monoisotopic (exact) mass is 1470 g/mol. The molecule has 105 heavy (non-hydrogen) atoms. The van der Waals surface area contributed by atoms with E-state index in [0.29, 0.717) is 90.4 Å². The molecule has 4 fully saturated rings. The molecule has 4 aliphatic rings. The van der Waals surface area contributed by atoms with Gasteiger partial charge in [-0.1, -0.05) is 187 Å². The molecule has 0 spiro atoms. The predicted molar refractivity (Wildman–Crippen MR) is 410 cm³/mol. The smallest absolute Gasteiger partial charge is 0.303 e. The van der Waals surface area contributed by atoms with Crippen molar-refractivity contribution in [1.82, 2.24) is 19.6 Å². The van der Waals surface area contributed by atoms with Crippen LogP contribution < -0.4 is 0 Å². The molecule has 588 valence electrons. The minimum absolute atomic E-state index is 0.00927. The fourth-order valence-corrected chi connectivity index (χ4v) is 13.5. The maximum atomic E-state index is 12.3. The molecule has 0 bridgehead atoms. The van der Waals surface area contributed by atoms with E-state index in [1.807, 2.05) is 118 Å². The summed E-state index contributed by atoms with van der Waals surface area (Å²) in [4.78, 5) is 111. The van der Waals surface area contributed by atoms with Crippen LogP contribution in [0.25, 0.3) is 0 Å². The number of likely N-dealkylation sites (tertiary alicyclic amines) is 4. The molecule has 4 aliphatic heterocycles. The van der Waals surface area contributed by atoms with Crippen LogP contribution >= 0.6 is 0 Å². The molecule has 0 aliphatic carbocycles. The Kier molecular flexibility index (Phi) is 49.8. The molecule has 7 N–H and O–H groups in total. The lowest BCUT2D eigenvalue weighted by molar-refractivity contribution is -0.138. The van der Waals surface area contributed by atoms with Crippen molar-refractivity contribution in [2.24, 2.45) is 0 Å². The van der Waals surface area contributed by atoms with Gasteiger partial charge in [-0.3, -0.25) is 43.2 Å².